The minimum atomic E-state index is 0.125. The number of aryl methyl sites for hydroxylation is 1. The normalized spacial score (nSPS) is 16.7. The summed E-state index contributed by atoms with van der Waals surface area (Å²) in [6.45, 7) is 5.53. The van der Waals surface area contributed by atoms with E-state index in [-0.39, 0.29) is 6.10 Å². The maximum absolute atomic E-state index is 6.22. The first-order valence-electron chi connectivity index (χ1n) is 9.04. The van der Waals surface area contributed by atoms with Crippen LogP contribution in [0.25, 0.3) is 22.6 Å². The van der Waals surface area contributed by atoms with E-state index in [2.05, 4.69) is 22.5 Å². The third-order valence-electron chi connectivity index (χ3n) is 4.83. The Morgan fingerprint density at radius 3 is 2.85 bits per heavy atom. The van der Waals surface area contributed by atoms with Crippen LogP contribution in [-0.2, 0) is 17.7 Å². The molecule has 3 aromatic rings. The Kier molecular flexibility index (Phi) is 4.89. The van der Waals surface area contributed by atoms with Gasteiger partial charge in [0, 0.05) is 35.1 Å². The van der Waals surface area contributed by atoms with Crippen LogP contribution < -0.4 is 4.74 Å². The predicted octanol–water partition coefficient (Wildman–Crippen LogP) is 4.54. The lowest BCUT2D eigenvalue weighted by Gasteiger charge is -2.13. The molecule has 0 aliphatic carbocycles. The molecule has 1 aliphatic rings. The maximum Gasteiger partial charge on any atom is 0.141 e. The smallest absolute Gasteiger partial charge is 0.141 e. The number of halogens is 1. The molecule has 0 N–H and O–H groups in total. The molecule has 1 aliphatic heterocycles. The Balaban J connectivity index is 1.92. The molecule has 0 amide bonds. The van der Waals surface area contributed by atoms with Gasteiger partial charge in [-0.1, -0.05) is 11.6 Å². The Hall–Kier alpha value is -2.37. The van der Waals surface area contributed by atoms with Crippen molar-refractivity contribution in [3.8, 4) is 28.4 Å². The van der Waals surface area contributed by atoms with Gasteiger partial charge in [0.05, 0.1) is 37.1 Å². The Morgan fingerprint density at radius 2 is 2.07 bits per heavy atom. The number of pyridine rings is 1. The van der Waals surface area contributed by atoms with Crippen LogP contribution in [-0.4, -0.2) is 34.4 Å². The van der Waals surface area contributed by atoms with Crippen LogP contribution >= 0.6 is 11.6 Å². The predicted molar refractivity (Wildman–Crippen MR) is 106 cm³/mol. The summed E-state index contributed by atoms with van der Waals surface area (Å²) >= 11 is 6.22. The highest BCUT2D eigenvalue weighted by molar-refractivity contribution is 6.32. The third kappa shape index (κ3) is 3.45. The second kappa shape index (κ2) is 7.33. The summed E-state index contributed by atoms with van der Waals surface area (Å²) in [4.78, 5) is 9.35. The van der Waals surface area contributed by atoms with Crippen LogP contribution in [0, 0.1) is 6.92 Å². The fraction of sp³-hybridized carbons (Fsp3) is 0.333. The van der Waals surface area contributed by atoms with Crippen LogP contribution in [0.2, 0.25) is 5.02 Å². The highest BCUT2D eigenvalue weighted by Gasteiger charge is 2.24. The lowest BCUT2D eigenvalue weighted by Crippen LogP contribution is -2.15. The lowest BCUT2D eigenvalue weighted by molar-refractivity contribution is 0.0666. The summed E-state index contributed by atoms with van der Waals surface area (Å²) in [5.41, 5.74) is 5.20. The van der Waals surface area contributed by atoms with Crippen LogP contribution in [0.3, 0.4) is 0 Å². The molecule has 5 nitrogen and oxygen atoms in total. The Labute approximate surface area is 163 Å². The minimum absolute atomic E-state index is 0.125. The van der Waals surface area contributed by atoms with Crippen molar-refractivity contribution >= 4 is 11.6 Å². The molecule has 3 heterocycles. The number of hydrogen-bond acceptors (Lipinski definition) is 4. The van der Waals surface area contributed by atoms with E-state index in [4.69, 9.17) is 26.1 Å². The fourth-order valence-corrected chi connectivity index (χ4v) is 3.74. The second-order valence-electron chi connectivity index (χ2n) is 6.81. The monoisotopic (exact) mass is 383 g/mol. The van der Waals surface area contributed by atoms with Crippen LogP contribution in [0.4, 0.5) is 0 Å². The summed E-state index contributed by atoms with van der Waals surface area (Å²) in [6, 6.07) is 9.86. The molecule has 1 aromatic carbocycles. The van der Waals surface area contributed by atoms with Crippen molar-refractivity contribution in [2.75, 3.05) is 13.7 Å². The van der Waals surface area contributed by atoms with E-state index in [0.29, 0.717) is 17.4 Å². The number of methoxy groups -OCH3 is 1. The van der Waals surface area contributed by atoms with Crippen molar-refractivity contribution in [1.82, 2.24) is 14.5 Å². The van der Waals surface area contributed by atoms with Gasteiger partial charge in [-0.2, -0.15) is 0 Å². The molecule has 0 saturated carbocycles. The van der Waals surface area contributed by atoms with Crippen molar-refractivity contribution < 1.29 is 9.47 Å². The van der Waals surface area contributed by atoms with Crippen LogP contribution in [0.5, 0.6) is 5.75 Å². The summed E-state index contributed by atoms with van der Waals surface area (Å²) in [7, 11) is 1.62. The number of nitrogens with zero attached hydrogens (tertiary/aromatic N) is 3. The third-order valence-corrected chi connectivity index (χ3v) is 5.15. The number of imidazole rings is 1. The molecule has 6 heteroatoms. The van der Waals surface area contributed by atoms with Gasteiger partial charge in [0.2, 0.25) is 0 Å². The van der Waals surface area contributed by atoms with Gasteiger partial charge in [-0.05, 0) is 44.2 Å². The van der Waals surface area contributed by atoms with Crippen molar-refractivity contribution in [2.45, 2.75) is 32.9 Å². The van der Waals surface area contributed by atoms with Gasteiger partial charge in [0.25, 0.3) is 0 Å². The number of rotatable bonds is 3. The van der Waals surface area contributed by atoms with Gasteiger partial charge in [-0.25, -0.2) is 4.98 Å². The second-order valence-corrected chi connectivity index (χ2v) is 7.22. The van der Waals surface area contributed by atoms with Crippen molar-refractivity contribution in [3.05, 3.63) is 52.9 Å². The summed E-state index contributed by atoms with van der Waals surface area (Å²) in [5.74, 6) is 1.55. The number of benzene rings is 1. The van der Waals surface area contributed by atoms with E-state index in [9.17, 15) is 0 Å². The van der Waals surface area contributed by atoms with Crippen LogP contribution in [0.1, 0.15) is 18.3 Å². The van der Waals surface area contributed by atoms with Gasteiger partial charge in [0.15, 0.2) is 0 Å². The zero-order chi connectivity index (χ0) is 19.0. The summed E-state index contributed by atoms with van der Waals surface area (Å²) in [6.07, 6.45) is 2.77. The van der Waals surface area contributed by atoms with E-state index in [1.54, 1.807) is 7.11 Å². The zero-order valence-corrected chi connectivity index (χ0v) is 16.5. The summed E-state index contributed by atoms with van der Waals surface area (Å²) in [5, 5.41) is 0.588. The van der Waals surface area contributed by atoms with E-state index < -0.39 is 0 Å². The van der Waals surface area contributed by atoms with E-state index >= 15 is 0 Å². The first-order chi connectivity index (χ1) is 13.1. The molecule has 0 fully saturated rings. The van der Waals surface area contributed by atoms with Crippen molar-refractivity contribution in [1.29, 1.82) is 0 Å². The largest absolute Gasteiger partial charge is 0.495 e. The molecule has 27 heavy (non-hydrogen) atoms. The highest BCUT2D eigenvalue weighted by atomic mass is 35.5. The lowest BCUT2D eigenvalue weighted by atomic mass is 10.1. The molecule has 140 valence electrons. The summed E-state index contributed by atoms with van der Waals surface area (Å²) < 4.78 is 13.6. The number of ether oxygens (including phenoxy) is 2. The quantitative estimate of drug-likeness (QED) is 0.666. The molecule has 0 spiro atoms. The molecule has 0 unspecified atom stereocenters. The molecule has 0 radical (unpaired) electrons. The van der Waals surface area contributed by atoms with Gasteiger partial charge in [-0.3, -0.25) is 4.98 Å². The minimum Gasteiger partial charge on any atom is -0.495 e. The molecule has 0 bridgehead atoms. The molecule has 4 rings (SSSR count). The van der Waals surface area contributed by atoms with E-state index in [1.807, 2.05) is 37.4 Å². The van der Waals surface area contributed by atoms with Gasteiger partial charge < -0.3 is 14.0 Å². The molecule has 1 atom stereocenters. The number of fused-ring (bicyclic) bond motifs is 1. The number of hydrogen-bond donors (Lipinski definition) is 0. The van der Waals surface area contributed by atoms with E-state index in [1.165, 1.54) is 5.69 Å². The Morgan fingerprint density at radius 1 is 1.22 bits per heavy atom. The maximum atomic E-state index is 6.22. The van der Waals surface area contributed by atoms with Gasteiger partial charge in [0.1, 0.15) is 11.6 Å². The SMILES string of the molecule is COc1cc(-c2nc(-c3ccnc(C)c3)c3n2C[C@@H](C)OCC3)ccc1Cl. The topological polar surface area (TPSA) is 49.2 Å². The average molecular weight is 384 g/mol. The van der Waals surface area contributed by atoms with Crippen LogP contribution in [0.15, 0.2) is 36.5 Å². The standard InChI is InChI=1S/C21H22ClN3O2/c1-13-10-15(6-8-23-13)20-18-7-9-27-14(2)12-25(18)21(24-20)16-4-5-17(22)19(11-16)26-3/h4-6,8,10-11,14H,7,9,12H2,1-3H3/t14-/m1/s1. The first kappa shape index (κ1) is 18.0. The molecule has 0 saturated heterocycles. The fourth-order valence-electron chi connectivity index (χ4n) is 3.55. The molecular weight excluding hydrogens is 362 g/mol. The first-order valence-corrected chi connectivity index (χ1v) is 9.42. The highest BCUT2D eigenvalue weighted by Crippen LogP contribution is 2.35. The zero-order valence-electron chi connectivity index (χ0n) is 15.7. The van der Waals surface area contributed by atoms with Gasteiger partial charge in [-0.15, -0.1) is 0 Å². The van der Waals surface area contributed by atoms with E-state index in [0.717, 1.165) is 41.3 Å². The Bertz CT molecular complexity index is 984. The molecule has 2 aromatic heterocycles. The average Bonchev–Trinajstić information content (AvgIpc) is 2.89. The van der Waals surface area contributed by atoms with Gasteiger partial charge >= 0.3 is 0 Å². The van der Waals surface area contributed by atoms with Crippen molar-refractivity contribution in [3.63, 3.8) is 0 Å². The van der Waals surface area contributed by atoms with Crippen molar-refractivity contribution in [2.24, 2.45) is 0 Å². The molecular formula is C21H22ClN3O2. The number of aromatic nitrogens is 3.